The molecule has 0 atom stereocenters. The van der Waals surface area contributed by atoms with E-state index in [-0.39, 0.29) is 24.5 Å². The summed E-state index contributed by atoms with van der Waals surface area (Å²) in [5, 5.41) is 27.1. The third kappa shape index (κ3) is 5.71. The summed E-state index contributed by atoms with van der Waals surface area (Å²) in [6.07, 6.45) is 0.471. The minimum absolute atomic E-state index is 0.129. The van der Waals surface area contributed by atoms with Crippen molar-refractivity contribution in [1.82, 2.24) is 19.7 Å². The van der Waals surface area contributed by atoms with Gasteiger partial charge in [0.15, 0.2) is 11.0 Å². The van der Waals surface area contributed by atoms with Gasteiger partial charge in [-0.05, 0) is 25.1 Å². The van der Waals surface area contributed by atoms with Crippen LogP contribution in [-0.4, -0.2) is 44.4 Å². The summed E-state index contributed by atoms with van der Waals surface area (Å²) in [5.74, 6) is 0.723. The highest BCUT2D eigenvalue weighted by atomic mass is 32.2. The monoisotopic (exact) mass is 430 g/mol. The Bertz CT molecular complexity index is 1100. The number of para-hydroxylation sites is 1. The molecule has 0 unspecified atom stereocenters. The van der Waals surface area contributed by atoms with E-state index >= 15 is 0 Å². The lowest BCUT2D eigenvalue weighted by Gasteiger charge is -2.20. The minimum atomic E-state index is -0.129. The van der Waals surface area contributed by atoms with Crippen LogP contribution in [0.2, 0.25) is 0 Å². The molecule has 0 bridgehead atoms. The fourth-order valence-corrected chi connectivity index (χ4v) is 3.95. The van der Waals surface area contributed by atoms with Gasteiger partial charge in [-0.2, -0.15) is 10.5 Å². The third-order valence-corrected chi connectivity index (χ3v) is 5.50. The summed E-state index contributed by atoms with van der Waals surface area (Å²) in [6, 6.07) is 21.9. The largest absolute Gasteiger partial charge is 0.340 e. The Hall–Kier alpha value is -3.62. The van der Waals surface area contributed by atoms with Crippen molar-refractivity contribution < 1.29 is 4.79 Å². The van der Waals surface area contributed by atoms with Crippen LogP contribution < -0.4 is 0 Å². The Kier molecular flexibility index (Phi) is 7.80. The number of thioether (sulfide) groups is 1. The Balaban J connectivity index is 1.87. The van der Waals surface area contributed by atoms with Crippen LogP contribution in [0.5, 0.6) is 0 Å². The van der Waals surface area contributed by atoms with Crippen LogP contribution in [0.25, 0.3) is 17.1 Å². The van der Waals surface area contributed by atoms with Crippen LogP contribution in [-0.2, 0) is 4.79 Å². The number of rotatable bonds is 9. The van der Waals surface area contributed by atoms with Crippen molar-refractivity contribution in [3.8, 4) is 29.2 Å². The summed E-state index contributed by atoms with van der Waals surface area (Å²) < 4.78 is 1.95. The normalized spacial score (nSPS) is 10.3. The SMILES string of the molecule is Cc1cccc(-c2nnc(SCC(=O)N(CCC#N)CCC#N)n2-c2ccccc2)c1. The molecular weight excluding hydrogens is 408 g/mol. The number of benzene rings is 2. The molecule has 0 aliphatic carbocycles. The maximum Gasteiger partial charge on any atom is 0.233 e. The van der Waals surface area contributed by atoms with Gasteiger partial charge in [-0.3, -0.25) is 9.36 Å². The van der Waals surface area contributed by atoms with Crippen molar-refractivity contribution in [2.24, 2.45) is 0 Å². The van der Waals surface area contributed by atoms with Crippen LogP contribution >= 0.6 is 11.8 Å². The van der Waals surface area contributed by atoms with Crippen molar-refractivity contribution in [2.45, 2.75) is 24.9 Å². The number of aryl methyl sites for hydroxylation is 1. The Morgan fingerprint density at radius 3 is 2.39 bits per heavy atom. The van der Waals surface area contributed by atoms with E-state index in [4.69, 9.17) is 10.5 Å². The molecule has 2 aromatic carbocycles. The number of nitriles is 2. The first-order chi connectivity index (χ1) is 15.1. The highest BCUT2D eigenvalue weighted by Gasteiger charge is 2.19. The lowest BCUT2D eigenvalue weighted by Crippen LogP contribution is -2.34. The summed E-state index contributed by atoms with van der Waals surface area (Å²) in [4.78, 5) is 14.3. The predicted molar refractivity (Wildman–Crippen MR) is 119 cm³/mol. The molecule has 0 spiro atoms. The number of hydrogen-bond acceptors (Lipinski definition) is 6. The summed E-state index contributed by atoms with van der Waals surface area (Å²) in [5.41, 5.74) is 2.97. The van der Waals surface area contributed by atoms with Crippen molar-refractivity contribution in [3.05, 3.63) is 60.2 Å². The van der Waals surface area contributed by atoms with Gasteiger partial charge < -0.3 is 4.90 Å². The predicted octanol–water partition coefficient (Wildman–Crippen LogP) is 3.99. The van der Waals surface area contributed by atoms with Crippen LogP contribution in [0.4, 0.5) is 0 Å². The van der Waals surface area contributed by atoms with Crippen LogP contribution in [0.1, 0.15) is 18.4 Å². The number of carbonyl (C=O) groups excluding carboxylic acids is 1. The zero-order chi connectivity index (χ0) is 22.1. The first-order valence-corrected chi connectivity index (χ1v) is 10.8. The Morgan fingerprint density at radius 2 is 1.74 bits per heavy atom. The maximum absolute atomic E-state index is 12.7. The molecule has 0 aliphatic heterocycles. The summed E-state index contributed by atoms with van der Waals surface area (Å²) in [6.45, 7) is 2.66. The molecule has 0 N–H and O–H groups in total. The second-order valence-electron chi connectivity index (χ2n) is 6.83. The van der Waals surface area contributed by atoms with E-state index in [1.165, 1.54) is 11.8 Å². The van der Waals surface area contributed by atoms with Gasteiger partial charge in [0, 0.05) is 24.3 Å². The van der Waals surface area contributed by atoms with Gasteiger partial charge in [-0.15, -0.1) is 10.2 Å². The van der Waals surface area contributed by atoms with Crippen LogP contribution in [0.3, 0.4) is 0 Å². The fourth-order valence-electron chi connectivity index (χ4n) is 3.09. The average Bonchev–Trinajstić information content (AvgIpc) is 3.22. The van der Waals surface area contributed by atoms with Crippen molar-refractivity contribution in [2.75, 3.05) is 18.8 Å². The quantitative estimate of drug-likeness (QED) is 0.476. The third-order valence-electron chi connectivity index (χ3n) is 4.59. The lowest BCUT2D eigenvalue weighted by atomic mass is 10.1. The van der Waals surface area contributed by atoms with Crippen LogP contribution in [0, 0.1) is 29.6 Å². The van der Waals surface area contributed by atoms with Crippen molar-refractivity contribution in [1.29, 1.82) is 10.5 Å². The molecule has 31 heavy (non-hydrogen) atoms. The van der Waals surface area contributed by atoms with E-state index in [2.05, 4.69) is 16.3 Å². The lowest BCUT2D eigenvalue weighted by molar-refractivity contribution is -0.128. The van der Waals surface area contributed by atoms with Gasteiger partial charge in [0.25, 0.3) is 0 Å². The molecular formula is C23H22N6OS. The average molecular weight is 431 g/mol. The van der Waals surface area contributed by atoms with E-state index < -0.39 is 0 Å². The number of aromatic nitrogens is 3. The first kappa shape index (κ1) is 22.1. The molecule has 0 aliphatic rings. The second-order valence-corrected chi connectivity index (χ2v) is 7.77. The molecule has 1 heterocycles. The molecule has 0 saturated carbocycles. The number of amides is 1. The highest BCUT2D eigenvalue weighted by Crippen LogP contribution is 2.28. The number of hydrogen-bond donors (Lipinski definition) is 0. The molecule has 156 valence electrons. The molecule has 0 fully saturated rings. The Labute approximate surface area is 185 Å². The number of carbonyl (C=O) groups is 1. The molecule has 7 nitrogen and oxygen atoms in total. The molecule has 3 aromatic rings. The Morgan fingerprint density at radius 1 is 1.03 bits per heavy atom. The zero-order valence-electron chi connectivity index (χ0n) is 17.2. The van der Waals surface area contributed by atoms with Gasteiger partial charge in [0.1, 0.15) is 0 Å². The second kappa shape index (κ2) is 11.0. The van der Waals surface area contributed by atoms with Crippen LogP contribution in [0.15, 0.2) is 59.8 Å². The van der Waals surface area contributed by atoms with Gasteiger partial charge >= 0.3 is 0 Å². The zero-order valence-corrected chi connectivity index (χ0v) is 18.0. The molecule has 0 saturated heterocycles. The van der Waals surface area contributed by atoms with E-state index in [1.54, 1.807) is 4.90 Å². The van der Waals surface area contributed by atoms with Gasteiger partial charge in [0.05, 0.1) is 30.7 Å². The smallest absolute Gasteiger partial charge is 0.233 e. The van der Waals surface area contributed by atoms with Gasteiger partial charge in [-0.1, -0.05) is 53.7 Å². The molecule has 8 heteroatoms. The highest BCUT2D eigenvalue weighted by molar-refractivity contribution is 7.99. The summed E-state index contributed by atoms with van der Waals surface area (Å²) >= 11 is 1.30. The van der Waals surface area contributed by atoms with Gasteiger partial charge in [0.2, 0.25) is 5.91 Å². The van der Waals surface area contributed by atoms with E-state index in [9.17, 15) is 4.79 Å². The van der Waals surface area contributed by atoms with E-state index in [0.29, 0.717) is 24.1 Å². The topological polar surface area (TPSA) is 98.6 Å². The minimum Gasteiger partial charge on any atom is -0.340 e. The summed E-state index contributed by atoms with van der Waals surface area (Å²) in [7, 11) is 0. The van der Waals surface area contributed by atoms with Gasteiger partial charge in [-0.25, -0.2) is 0 Å². The molecule has 3 rings (SSSR count). The number of nitrogens with zero attached hydrogens (tertiary/aromatic N) is 6. The molecule has 0 radical (unpaired) electrons. The maximum atomic E-state index is 12.7. The molecule has 1 aromatic heterocycles. The van der Waals surface area contributed by atoms with Crippen molar-refractivity contribution in [3.63, 3.8) is 0 Å². The van der Waals surface area contributed by atoms with E-state index in [1.807, 2.05) is 72.2 Å². The standard InChI is InChI=1S/C23H22N6OS/c1-18-8-5-9-19(16-18)22-26-27-23(29(22)20-10-3-2-4-11-20)31-17-21(30)28(14-6-12-24)15-7-13-25/h2-5,8-11,16H,6-7,14-15,17H2,1H3. The fraction of sp³-hybridized carbons (Fsp3) is 0.261. The first-order valence-electron chi connectivity index (χ1n) is 9.86. The van der Waals surface area contributed by atoms with Crippen molar-refractivity contribution >= 4 is 17.7 Å². The molecule has 1 amide bonds. The van der Waals surface area contributed by atoms with E-state index in [0.717, 1.165) is 16.8 Å².